The van der Waals surface area contributed by atoms with E-state index in [0.29, 0.717) is 37.6 Å². The Kier molecular flexibility index (Phi) is 8.57. The van der Waals surface area contributed by atoms with Crippen LogP contribution in [0.3, 0.4) is 0 Å². The minimum Gasteiger partial charge on any atom is -0.494 e. The zero-order valence-electron chi connectivity index (χ0n) is 17.4. The SMILES string of the molecule is CN(CCCOc1cccc(S(C)(=O)=O)c1)CCC(=O)Nc1ccc(S(N)(=O)=O)cc1. The van der Waals surface area contributed by atoms with Crippen molar-refractivity contribution in [2.24, 2.45) is 5.14 Å². The first-order chi connectivity index (χ1) is 14.4. The number of anilines is 1. The highest BCUT2D eigenvalue weighted by atomic mass is 32.2. The van der Waals surface area contributed by atoms with Crippen LogP contribution < -0.4 is 15.2 Å². The van der Waals surface area contributed by atoms with Crippen molar-refractivity contribution in [2.75, 3.05) is 38.3 Å². The van der Waals surface area contributed by atoms with Crippen molar-refractivity contribution in [3.8, 4) is 5.75 Å². The van der Waals surface area contributed by atoms with Gasteiger partial charge < -0.3 is 15.0 Å². The first kappa shape index (κ1) is 24.8. The van der Waals surface area contributed by atoms with Gasteiger partial charge in [0, 0.05) is 31.5 Å². The summed E-state index contributed by atoms with van der Waals surface area (Å²) in [6, 6.07) is 12.0. The molecule has 0 saturated carbocycles. The Morgan fingerprint density at radius 2 is 1.71 bits per heavy atom. The van der Waals surface area contributed by atoms with Gasteiger partial charge in [0.25, 0.3) is 0 Å². The predicted octanol–water partition coefficient (Wildman–Crippen LogP) is 1.47. The number of carbonyl (C=O) groups excluding carboxylic acids is 1. The standard InChI is InChI=1S/C20H27N3O6S2/c1-23(12-4-14-29-17-5-3-6-19(15-17)30(2,25)26)13-11-20(24)22-16-7-9-18(10-8-16)31(21,27)28/h3,5-10,15H,4,11-14H2,1-2H3,(H,22,24)(H2,21,27,28). The molecule has 0 unspecified atom stereocenters. The van der Waals surface area contributed by atoms with Crippen LogP contribution >= 0.6 is 0 Å². The third kappa shape index (κ3) is 8.66. The number of amides is 1. The minimum absolute atomic E-state index is 0.0181. The van der Waals surface area contributed by atoms with Crippen molar-refractivity contribution < 1.29 is 26.4 Å². The second-order valence-electron chi connectivity index (χ2n) is 7.12. The number of nitrogens with zero attached hydrogens (tertiary/aromatic N) is 1. The van der Waals surface area contributed by atoms with E-state index in [-0.39, 0.29) is 22.1 Å². The van der Waals surface area contributed by atoms with Crippen LogP contribution in [0, 0.1) is 0 Å². The summed E-state index contributed by atoms with van der Waals surface area (Å²) in [4.78, 5) is 14.3. The minimum atomic E-state index is -3.76. The summed E-state index contributed by atoms with van der Waals surface area (Å²) in [5.74, 6) is 0.308. The number of hydrogen-bond donors (Lipinski definition) is 2. The monoisotopic (exact) mass is 469 g/mol. The molecule has 2 rings (SSSR count). The van der Waals surface area contributed by atoms with E-state index >= 15 is 0 Å². The van der Waals surface area contributed by atoms with Crippen molar-refractivity contribution in [2.45, 2.75) is 22.6 Å². The lowest BCUT2D eigenvalue weighted by Gasteiger charge is -2.16. The Morgan fingerprint density at radius 1 is 1.03 bits per heavy atom. The molecule has 31 heavy (non-hydrogen) atoms. The van der Waals surface area contributed by atoms with Crippen LogP contribution in [-0.2, 0) is 24.7 Å². The zero-order chi connectivity index (χ0) is 23.1. The lowest BCUT2D eigenvalue weighted by molar-refractivity contribution is -0.116. The van der Waals surface area contributed by atoms with Crippen LogP contribution in [0.2, 0.25) is 0 Å². The summed E-state index contributed by atoms with van der Waals surface area (Å²) in [6.07, 6.45) is 2.12. The van der Waals surface area contributed by atoms with Gasteiger partial charge in [0.05, 0.1) is 16.4 Å². The number of nitrogens with two attached hydrogens (primary N) is 1. The first-order valence-electron chi connectivity index (χ1n) is 9.49. The van der Waals surface area contributed by atoms with Crippen molar-refractivity contribution in [1.29, 1.82) is 0 Å². The zero-order valence-corrected chi connectivity index (χ0v) is 19.1. The molecule has 2 aromatic carbocycles. The molecule has 0 bridgehead atoms. The lowest BCUT2D eigenvalue weighted by atomic mass is 10.3. The van der Waals surface area contributed by atoms with E-state index < -0.39 is 19.9 Å². The molecule has 2 aromatic rings. The molecule has 9 nitrogen and oxygen atoms in total. The number of hydrogen-bond acceptors (Lipinski definition) is 7. The van der Waals surface area contributed by atoms with E-state index in [1.54, 1.807) is 12.1 Å². The quantitative estimate of drug-likeness (QED) is 0.476. The second kappa shape index (κ2) is 10.7. The number of primary sulfonamides is 1. The molecule has 0 aliphatic heterocycles. The number of sulfonamides is 1. The van der Waals surface area contributed by atoms with Crippen LogP contribution in [0.1, 0.15) is 12.8 Å². The molecule has 170 valence electrons. The van der Waals surface area contributed by atoms with Crippen molar-refractivity contribution >= 4 is 31.5 Å². The largest absolute Gasteiger partial charge is 0.494 e. The van der Waals surface area contributed by atoms with Gasteiger partial charge in [-0.25, -0.2) is 22.0 Å². The maximum Gasteiger partial charge on any atom is 0.238 e. The van der Waals surface area contributed by atoms with Gasteiger partial charge in [-0.3, -0.25) is 4.79 Å². The van der Waals surface area contributed by atoms with Gasteiger partial charge in [-0.2, -0.15) is 0 Å². The Labute approximate surface area is 183 Å². The second-order valence-corrected chi connectivity index (χ2v) is 10.7. The molecule has 11 heteroatoms. The van der Waals surface area contributed by atoms with Gasteiger partial charge in [-0.1, -0.05) is 6.07 Å². The molecule has 0 saturated heterocycles. The van der Waals surface area contributed by atoms with E-state index in [1.807, 2.05) is 11.9 Å². The summed E-state index contributed by atoms with van der Waals surface area (Å²) in [6.45, 7) is 1.65. The summed E-state index contributed by atoms with van der Waals surface area (Å²) < 4.78 is 51.2. The van der Waals surface area contributed by atoms with Gasteiger partial charge in [-0.15, -0.1) is 0 Å². The Bertz CT molecular complexity index is 1100. The molecule has 0 atom stereocenters. The van der Waals surface area contributed by atoms with Crippen LogP contribution in [0.25, 0.3) is 0 Å². The van der Waals surface area contributed by atoms with Crippen LogP contribution in [0.4, 0.5) is 5.69 Å². The van der Waals surface area contributed by atoms with Crippen molar-refractivity contribution in [3.63, 3.8) is 0 Å². The van der Waals surface area contributed by atoms with E-state index in [9.17, 15) is 21.6 Å². The molecule has 3 N–H and O–H groups in total. The molecule has 1 amide bonds. The Balaban J connectivity index is 1.69. The summed E-state index contributed by atoms with van der Waals surface area (Å²) in [5.41, 5.74) is 0.491. The molecule has 0 aliphatic rings. The molecular formula is C20H27N3O6S2. The number of sulfone groups is 1. The smallest absolute Gasteiger partial charge is 0.238 e. The predicted molar refractivity (Wildman–Crippen MR) is 118 cm³/mol. The first-order valence-corrected chi connectivity index (χ1v) is 12.9. The topological polar surface area (TPSA) is 136 Å². The molecule has 0 spiro atoms. The number of rotatable bonds is 11. The van der Waals surface area contributed by atoms with E-state index in [1.165, 1.54) is 36.4 Å². The van der Waals surface area contributed by atoms with Gasteiger partial charge >= 0.3 is 0 Å². The van der Waals surface area contributed by atoms with Crippen LogP contribution in [0.5, 0.6) is 5.75 Å². The maximum atomic E-state index is 12.1. The number of carbonyl (C=O) groups is 1. The highest BCUT2D eigenvalue weighted by Crippen LogP contribution is 2.17. The normalized spacial score (nSPS) is 12.0. The van der Waals surface area contributed by atoms with Gasteiger partial charge in [0.2, 0.25) is 15.9 Å². The number of ether oxygens (including phenoxy) is 1. The van der Waals surface area contributed by atoms with Crippen LogP contribution in [-0.4, -0.2) is 60.6 Å². The molecule has 0 heterocycles. The highest BCUT2D eigenvalue weighted by molar-refractivity contribution is 7.90. The van der Waals surface area contributed by atoms with Gasteiger partial charge in [0.1, 0.15) is 5.75 Å². The highest BCUT2D eigenvalue weighted by Gasteiger charge is 2.10. The van der Waals surface area contributed by atoms with E-state index in [0.717, 1.165) is 6.26 Å². The molecule has 0 radical (unpaired) electrons. The Hall–Kier alpha value is -2.47. The van der Waals surface area contributed by atoms with Crippen molar-refractivity contribution in [3.05, 3.63) is 48.5 Å². The average molecular weight is 470 g/mol. The average Bonchev–Trinajstić information content (AvgIpc) is 2.69. The fraction of sp³-hybridized carbons (Fsp3) is 0.350. The number of nitrogens with one attached hydrogen (secondary N) is 1. The fourth-order valence-electron chi connectivity index (χ4n) is 2.67. The molecule has 0 aliphatic carbocycles. The van der Waals surface area contributed by atoms with Crippen LogP contribution in [0.15, 0.2) is 58.3 Å². The molecule has 0 aromatic heterocycles. The maximum absolute atomic E-state index is 12.1. The summed E-state index contributed by atoms with van der Waals surface area (Å²) in [7, 11) is -5.15. The third-order valence-electron chi connectivity index (χ3n) is 4.37. The molecular weight excluding hydrogens is 442 g/mol. The van der Waals surface area contributed by atoms with Gasteiger partial charge in [-0.05, 0) is 55.9 Å². The summed E-state index contributed by atoms with van der Waals surface area (Å²) in [5, 5.41) is 7.75. The fourth-order valence-corrected chi connectivity index (χ4v) is 3.85. The third-order valence-corrected chi connectivity index (χ3v) is 6.41. The molecule has 0 fully saturated rings. The number of benzene rings is 2. The van der Waals surface area contributed by atoms with E-state index in [2.05, 4.69) is 5.32 Å². The Morgan fingerprint density at radius 3 is 2.32 bits per heavy atom. The lowest BCUT2D eigenvalue weighted by Crippen LogP contribution is -2.26. The van der Waals surface area contributed by atoms with Gasteiger partial charge in [0.15, 0.2) is 9.84 Å². The van der Waals surface area contributed by atoms with Crippen molar-refractivity contribution in [1.82, 2.24) is 4.90 Å². The summed E-state index contributed by atoms with van der Waals surface area (Å²) >= 11 is 0. The van der Waals surface area contributed by atoms with E-state index in [4.69, 9.17) is 9.88 Å².